The lowest BCUT2D eigenvalue weighted by Gasteiger charge is -2.33. The summed E-state index contributed by atoms with van der Waals surface area (Å²) in [7, 11) is 0. The molecule has 0 spiro atoms. The van der Waals surface area contributed by atoms with E-state index in [-0.39, 0.29) is 0 Å². The van der Waals surface area contributed by atoms with E-state index in [9.17, 15) is 4.79 Å². The Morgan fingerprint density at radius 1 is 1.09 bits per heavy atom. The maximum Gasteiger partial charge on any atom is 0.335 e. The van der Waals surface area contributed by atoms with Crippen LogP contribution < -0.4 is 4.90 Å². The number of benzene rings is 2. The van der Waals surface area contributed by atoms with Crippen molar-refractivity contribution in [2.45, 2.75) is 25.7 Å². The van der Waals surface area contributed by atoms with Gasteiger partial charge in [-0.2, -0.15) is 0 Å². The number of hydrogen-bond acceptors (Lipinski definition) is 4. The van der Waals surface area contributed by atoms with Crippen molar-refractivity contribution in [1.29, 1.82) is 0 Å². The number of pyridine rings is 1. The Morgan fingerprint density at radius 3 is 2.58 bits per heavy atom. The van der Waals surface area contributed by atoms with E-state index < -0.39 is 5.97 Å². The number of fused-ring (bicyclic) bond motifs is 1. The van der Waals surface area contributed by atoms with Gasteiger partial charge in [0.2, 0.25) is 0 Å². The topological polar surface area (TPSA) is 82.1 Å². The van der Waals surface area contributed by atoms with Crippen LogP contribution in [0, 0.1) is 5.92 Å². The SMILES string of the molecule is O=C(O)c1ccc(CCC2CCN(c3ccc(-c4nc5cc(Cl)ccc5[nH]4)cn3)CC2)cc1. The highest BCUT2D eigenvalue weighted by Crippen LogP contribution is 2.27. The average Bonchev–Trinajstić information content (AvgIpc) is 3.27. The highest BCUT2D eigenvalue weighted by molar-refractivity contribution is 6.31. The summed E-state index contributed by atoms with van der Waals surface area (Å²) in [5.41, 5.74) is 4.30. The van der Waals surface area contributed by atoms with Crippen LogP contribution in [0.25, 0.3) is 22.4 Å². The molecule has 4 aromatic rings. The molecule has 0 atom stereocenters. The number of aromatic carboxylic acids is 1. The van der Waals surface area contributed by atoms with E-state index in [0.29, 0.717) is 16.5 Å². The lowest BCUT2D eigenvalue weighted by molar-refractivity contribution is 0.0697. The Kier molecular flexibility index (Phi) is 6.01. The molecule has 0 aliphatic carbocycles. The summed E-state index contributed by atoms with van der Waals surface area (Å²) in [5, 5.41) is 9.70. The van der Waals surface area contributed by atoms with Gasteiger partial charge in [0.1, 0.15) is 11.6 Å². The summed E-state index contributed by atoms with van der Waals surface area (Å²) in [6, 6.07) is 17.0. The van der Waals surface area contributed by atoms with Gasteiger partial charge in [0.05, 0.1) is 16.6 Å². The van der Waals surface area contributed by atoms with Crippen molar-refractivity contribution < 1.29 is 9.90 Å². The number of halogens is 1. The number of rotatable bonds is 6. The Bertz CT molecular complexity index is 1260. The number of carboxylic acids is 1. The van der Waals surface area contributed by atoms with Gasteiger partial charge < -0.3 is 15.0 Å². The minimum atomic E-state index is -0.877. The van der Waals surface area contributed by atoms with Crippen LogP contribution >= 0.6 is 11.6 Å². The first-order valence-corrected chi connectivity index (χ1v) is 11.6. The molecule has 6 nitrogen and oxygen atoms in total. The second kappa shape index (κ2) is 9.24. The summed E-state index contributed by atoms with van der Waals surface area (Å²) in [5.74, 6) is 1.60. The van der Waals surface area contributed by atoms with E-state index in [0.717, 1.165) is 67.0 Å². The molecule has 2 aromatic carbocycles. The normalized spacial score (nSPS) is 14.6. The van der Waals surface area contributed by atoms with Gasteiger partial charge in [0, 0.05) is 29.9 Å². The predicted octanol–water partition coefficient (Wildman–Crippen LogP) is 5.83. The smallest absolute Gasteiger partial charge is 0.335 e. The van der Waals surface area contributed by atoms with Gasteiger partial charge in [-0.3, -0.25) is 0 Å². The molecule has 1 aliphatic heterocycles. The molecule has 7 heteroatoms. The van der Waals surface area contributed by atoms with Crippen LogP contribution in [0.4, 0.5) is 5.82 Å². The van der Waals surface area contributed by atoms with Crippen molar-refractivity contribution in [3.05, 3.63) is 76.9 Å². The quantitative estimate of drug-likeness (QED) is 0.378. The van der Waals surface area contributed by atoms with Crippen molar-refractivity contribution in [3.63, 3.8) is 0 Å². The number of hydrogen-bond donors (Lipinski definition) is 2. The van der Waals surface area contributed by atoms with E-state index in [2.05, 4.69) is 27.0 Å². The second-order valence-corrected chi connectivity index (χ2v) is 9.06. The van der Waals surface area contributed by atoms with Gasteiger partial charge in [-0.15, -0.1) is 0 Å². The number of nitrogens with one attached hydrogen (secondary N) is 1. The van der Waals surface area contributed by atoms with Crippen LogP contribution in [-0.4, -0.2) is 39.1 Å². The van der Waals surface area contributed by atoms with E-state index in [1.165, 1.54) is 5.56 Å². The van der Waals surface area contributed by atoms with Crippen LogP contribution in [0.1, 0.15) is 35.2 Å². The first-order chi connectivity index (χ1) is 16.0. The molecule has 33 heavy (non-hydrogen) atoms. The van der Waals surface area contributed by atoms with Crippen molar-refractivity contribution in [2.24, 2.45) is 5.92 Å². The molecule has 5 rings (SSSR count). The van der Waals surface area contributed by atoms with Crippen molar-refractivity contribution >= 4 is 34.4 Å². The lowest BCUT2D eigenvalue weighted by Crippen LogP contribution is -2.34. The zero-order valence-corrected chi connectivity index (χ0v) is 18.9. The summed E-state index contributed by atoms with van der Waals surface area (Å²) in [4.78, 5) is 26.0. The number of aromatic nitrogens is 3. The maximum absolute atomic E-state index is 11.0. The highest BCUT2D eigenvalue weighted by Gasteiger charge is 2.20. The molecule has 0 saturated carbocycles. The Labute approximate surface area is 197 Å². The number of carboxylic acid groups (broad SMARTS) is 1. The molecule has 0 bridgehead atoms. The number of imidazole rings is 1. The van der Waals surface area contributed by atoms with Gasteiger partial charge >= 0.3 is 5.97 Å². The largest absolute Gasteiger partial charge is 0.478 e. The molecule has 0 amide bonds. The molecular weight excluding hydrogens is 436 g/mol. The van der Waals surface area contributed by atoms with Crippen LogP contribution in [-0.2, 0) is 6.42 Å². The van der Waals surface area contributed by atoms with E-state index >= 15 is 0 Å². The fraction of sp³-hybridized carbons (Fsp3) is 0.269. The van der Waals surface area contributed by atoms with Crippen LogP contribution in [0.2, 0.25) is 5.02 Å². The molecule has 1 fully saturated rings. The van der Waals surface area contributed by atoms with Crippen LogP contribution in [0.15, 0.2) is 60.8 Å². The minimum absolute atomic E-state index is 0.343. The molecule has 0 radical (unpaired) electrons. The monoisotopic (exact) mass is 460 g/mol. The average molecular weight is 461 g/mol. The fourth-order valence-electron chi connectivity index (χ4n) is 4.46. The third-order valence-electron chi connectivity index (χ3n) is 6.45. The van der Waals surface area contributed by atoms with Crippen molar-refractivity contribution in [1.82, 2.24) is 15.0 Å². The van der Waals surface area contributed by atoms with Gasteiger partial charge in [0.15, 0.2) is 0 Å². The standard InChI is InChI=1S/C26H25ClN4O2/c27-21-8-9-22-23(15-21)30-25(29-22)20-7-10-24(28-16-20)31-13-11-18(12-14-31)2-1-17-3-5-19(6-4-17)26(32)33/h3-10,15-16,18H,1-2,11-14H2,(H,29,30)(H,32,33). The van der Waals surface area contributed by atoms with Crippen molar-refractivity contribution in [2.75, 3.05) is 18.0 Å². The molecule has 2 aromatic heterocycles. The molecular formula is C26H25ClN4O2. The molecule has 1 aliphatic rings. The van der Waals surface area contributed by atoms with Gasteiger partial charge in [-0.1, -0.05) is 23.7 Å². The molecule has 1 saturated heterocycles. The zero-order chi connectivity index (χ0) is 22.8. The minimum Gasteiger partial charge on any atom is -0.478 e. The molecule has 168 valence electrons. The van der Waals surface area contributed by atoms with Gasteiger partial charge in [0.25, 0.3) is 0 Å². The molecule has 0 unspecified atom stereocenters. The van der Waals surface area contributed by atoms with E-state index in [1.54, 1.807) is 12.1 Å². The predicted molar refractivity (Wildman–Crippen MR) is 131 cm³/mol. The van der Waals surface area contributed by atoms with E-state index in [1.807, 2.05) is 36.5 Å². The van der Waals surface area contributed by atoms with Crippen LogP contribution in [0.5, 0.6) is 0 Å². The first-order valence-electron chi connectivity index (χ1n) is 11.2. The number of piperidine rings is 1. The third-order valence-corrected chi connectivity index (χ3v) is 6.68. The Morgan fingerprint density at radius 2 is 1.88 bits per heavy atom. The summed E-state index contributed by atoms with van der Waals surface area (Å²) in [6.07, 6.45) is 6.27. The molecule has 3 heterocycles. The van der Waals surface area contributed by atoms with Crippen molar-refractivity contribution in [3.8, 4) is 11.4 Å². The number of carbonyl (C=O) groups is 1. The summed E-state index contributed by atoms with van der Waals surface area (Å²) >= 11 is 6.07. The second-order valence-electron chi connectivity index (χ2n) is 8.62. The maximum atomic E-state index is 11.0. The third kappa shape index (κ3) is 4.86. The number of anilines is 1. The number of aromatic amines is 1. The number of nitrogens with zero attached hydrogens (tertiary/aromatic N) is 3. The van der Waals surface area contributed by atoms with E-state index in [4.69, 9.17) is 21.7 Å². The summed E-state index contributed by atoms with van der Waals surface area (Å²) < 4.78 is 0. The number of aryl methyl sites for hydroxylation is 1. The molecule has 2 N–H and O–H groups in total. The zero-order valence-electron chi connectivity index (χ0n) is 18.2. The lowest BCUT2D eigenvalue weighted by atomic mass is 9.90. The fourth-order valence-corrected chi connectivity index (χ4v) is 4.63. The Hall–Kier alpha value is -3.38. The first kappa shape index (κ1) is 21.5. The Balaban J connectivity index is 1.15. The van der Waals surface area contributed by atoms with Gasteiger partial charge in [-0.25, -0.2) is 14.8 Å². The summed E-state index contributed by atoms with van der Waals surface area (Å²) in [6.45, 7) is 2.00. The van der Waals surface area contributed by atoms with Gasteiger partial charge in [-0.05, 0) is 79.6 Å². The highest BCUT2D eigenvalue weighted by atomic mass is 35.5. The number of H-pyrrole nitrogens is 1. The van der Waals surface area contributed by atoms with Crippen LogP contribution in [0.3, 0.4) is 0 Å².